The van der Waals surface area contributed by atoms with E-state index in [0.717, 1.165) is 29.0 Å². The van der Waals surface area contributed by atoms with Crippen molar-refractivity contribution in [1.29, 1.82) is 0 Å². The summed E-state index contributed by atoms with van der Waals surface area (Å²) in [6.07, 6.45) is 3.20. The number of aromatic nitrogens is 6. The Morgan fingerprint density at radius 2 is 1.90 bits per heavy atom. The SMILES string of the molecule is C.Cl.N[C@H]1CCc2cc(-c3noc(=O)[nH]3)ccc21.Nc1c(Nc2cccc(CNC(=O)c3cc(C(=O)O)n4nncc4n3)c2)c(=O)c1=O. The summed E-state index contributed by atoms with van der Waals surface area (Å²) in [6, 6.07) is 13.9. The monoisotopic (exact) mass is 676 g/mol. The van der Waals surface area contributed by atoms with Gasteiger partial charge >= 0.3 is 11.7 Å². The second-order valence-corrected chi connectivity index (χ2v) is 10.3. The van der Waals surface area contributed by atoms with Gasteiger partial charge in [-0.3, -0.25) is 23.9 Å². The molecule has 7 rings (SSSR count). The number of anilines is 3. The number of rotatable bonds is 7. The van der Waals surface area contributed by atoms with Crippen LogP contribution in [0, 0.1) is 0 Å². The van der Waals surface area contributed by atoms with Crippen LogP contribution < -0.4 is 38.7 Å². The molecule has 1 aliphatic rings. The molecule has 0 spiro atoms. The van der Waals surface area contributed by atoms with E-state index in [1.165, 1.54) is 17.3 Å². The molecule has 0 unspecified atom stereocenters. The molecule has 1 atom stereocenters. The minimum Gasteiger partial charge on any atom is -0.477 e. The first-order chi connectivity index (χ1) is 22.1. The number of fused-ring (bicyclic) bond motifs is 2. The summed E-state index contributed by atoms with van der Waals surface area (Å²) in [5.41, 5.74) is 14.2. The van der Waals surface area contributed by atoms with E-state index < -0.39 is 28.5 Å². The van der Waals surface area contributed by atoms with Crippen molar-refractivity contribution in [1.82, 2.24) is 35.3 Å². The zero-order chi connectivity index (χ0) is 32.5. The molecule has 8 N–H and O–H groups in total. The second-order valence-electron chi connectivity index (χ2n) is 10.3. The highest BCUT2D eigenvalue weighted by Crippen LogP contribution is 2.31. The number of nitrogens with zero attached hydrogens (tertiary/aromatic N) is 5. The van der Waals surface area contributed by atoms with Crippen LogP contribution in [0.5, 0.6) is 0 Å². The largest absolute Gasteiger partial charge is 0.477 e. The molecular weight excluding hydrogens is 648 g/mol. The van der Waals surface area contributed by atoms with Gasteiger partial charge in [0.25, 0.3) is 16.8 Å². The lowest BCUT2D eigenvalue weighted by molar-refractivity contribution is 0.0687. The number of nitrogens with two attached hydrogens (primary N) is 2. The molecule has 3 heterocycles. The molecule has 1 amide bonds. The zero-order valence-electron chi connectivity index (χ0n) is 24.1. The van der Waals surface area contributed by atoms with Crippen LogP contribution in [0.3, 0.4) is 0 Å². The van der Waals surface area contributed by atoms with Crippen LogP contribution in [0.2, 0.25) is 0 Å². The Balaban J connectivity index is 0.000000244. The van der Waals surface area contributed by atoms with Crippen molar-refractivity contribution in [3.05, 3.63) is 114 Å². The number of hydrogen-bond donors (Lipinski definition) is 6. The average molecular weight is 677 g/mol. The predicted molar refractivity (Wildman–Crippen MR) is 176 cm³/mol. The van der Waals surface area contributed by atoms with E-state index in [1.807, 2.05) is 18.2 Å². The van der Waals surface area contributed by atoms with Gasteiger partial charge in [0.05, 0.1) is 6.20 Å². The first-order valence-electron chi connectivity index (χ1n) is 13.7. The molecule has 1 aliphatic carbocycles. The number of aromatic amines is 1. The maximum Gasteiger partial charge on any atom is 0.439 e. The number of benzene rings is 2. The van der Waals surface area contributed by atoms with Crippen molar-refractivity contribution in [2.45, 2.75) is 32.9 Å². The van der Waals surface area contributed by atoms with Crippen LogP contribution in [-0.2, 0) is 13.0 Å². The van der Waals surface area contributed by atoms with Crippen molar-refractivity contribution < 1.29 is 19.2 Å². The molecule has 0 saturated carbocycles. The molecule has 48 heavy (non-hydrogen) atoms. The lowest BCUT2D eigenvalue weighted by atomic mass is 10.0. The summed E-state index contributed by atoms with van der Waals surface area (Å²) < 4.78 is 5.49. The Bertz CT molecular complexity index is 2270. The van der Waals surface area contributed by atoms with E-state index in [2.05, 4.69) is 40.6 Å². The second kappa shape index (κ2) is 14.1. The number of carbonyl (C=O) groups excluding carboxylic acids is 1. The van der Waals surface area contributed by atoms with Crippen LogP contribution >= 0.6 is 12.4 Å². The Kier molecular flexibility index (Phi) is 10.2. The molecule has 0 saturated heterocycles. The van der Waals surface area contributed by atoms with E-state index in [9.17, 15) is 29.1 Å². The van der Waals surface area contributed by atoms with Gasteiger partial charge in [0.1, 0.15) is 17.1 Å². The van der Waals surface area contributed by atoms with Crippen molar-refractivity contribution in [2.75, 3.05) is 11.1 Å². The van der Waals surface area contributed by atoms with Gasteiger partial charge in [0, 0.05) is 29.9 Å². The van der Waals surface area contributed by atoms with Gasteiger partial charge < -0.3 is 27.2 Å². The first kappa shape index (κ1) is 34.7. The Morgan fingerprint density at radius 3 is 2.60 bits per heavy atom. The molecule has 0 aliphatic heterocycles. The van der Waals surface area contributed by atoms with E-state index in [4.69, 9.17) is 11.5 Å². The Morgan fingerprint density at radius 1 is 1.10 bits per heavy atom. The number of carbonyl (C=O) groups is 2. The number of nitrogens with one attached hydrogen (secondary N) is 3. The third-order valence-electron chi connectivity index (χ3n) is 7.30. The summed E-state index contributed by atoms with van der Waals surface area (Å²) in [7, 11) is 0. The molecule has 18 heteroatoms. The van der Waals surface area contributed by atoms with Gasteiger partial charge in [-0.25, -0.2) is 14.6 Å². The number of aromatic carboxylic acids is 1. The van der Waals surface area contributed by atoms with Crippen LogP contribution in [-0.4, -0.2) is 46.9 Å². The molecule has 3 aromatic carbocycles. The van der Waals surface area contributed by atoms with Crippen molar-refractivity contribution in [2.24, 2.45) is 5.73 Å². The molecule has 6 aromatic rings. The number of H-pyrrole nitrogens is 1. The van der Waals surface area contributed by atoms with E-state index >= 15 is 0 Å². The summed E-state index contributed by atoms with van der Waals surface area (Å²) in [6.45, 7) is 0.0997. The normalized spacial score (nSPS) is 13.1. The van der Waals surface area contributed by atoms with E-state index in [-0.39, 0.29) is 60.8 Å². The summed E-state index contributed by atoms with van der Waals surface area (Å²) in [5.74, 6) is -1.94. The van der Waals surface area contributed by atoms with Crippen molar-refractivity contribution in [3.8, 4) is 11.4 Å². The van der Waals surface area contributed by atoms with Gasteiger partial charge in [-0.1, -0.05) is 42.1 Å². The van der Waals surface area contributed by atoms with Gasteiger partial charge in [-0.2, -0.15) is 4.52 Å². The van der Waals surface area contributed by atoms with Gasteiger partial charge in [-0.05, 0) is 47.7 Å². The molecule has 0 fully saturated rings. The minimum atomic E-state index is -1.28. The highest BCUT2D eigenvalue weighted by molar-refractivity contribution is 5.96. The van der Waals surface area contributed by atoms with Gasteiger partial charge in [-0.15, -0.1) is 17.5 Å². The average Bonchev–Trinajstić information content (AvgIpc) is 3.81. The number of halogens is 1. The Labute approximate surface area is 276 Å². The fraction of sp³-hybridized carbons (Fsp3) is 0.167. The highest BCUT2D eigenvalue weighted by atomic mass is 35.5. The smallest absolute Gasteiger partial charge is 0.439 e. The van der Waals surface area contributed by atoms with Gasteiger partial charge in [0.2, 0.25) is 0 Å². The number of amides is 1. The third kappa shape index (κ3) is 6.81. The predicted octanol–water partition coefficient (Wildman–Crippen LogP) is 1.71. The lowest BCUT2D eigenvalue weighted by Gasteiger charge is -2.11. The number of carboxylic acids is 1. The van der Waals surface area contributed by atoms with E-state index in [0.29, 0.717) is 17.1 Å². The zero-order valence-corrected chi connectivity index (χ0v) is 24.9. The van der Waals surface area contributed by atoms with Crippen LogP contribution in [0.4, 0.5) is 17.1 Å². The van der Waals surface area contributed by atoms with E-state index in [1.54, 1.807) is 24.3 Å². The molecule has 0 radical (unpaired) electrons. The molecule has 0 bridgehead atoms. The molecule has 17 nitrogen and oxygen atoms in total. The summed E-state index contributed by atoms with van der Waals surface area (Å²) >= 11 is 0. The minimum absolute atomic E-state index is 0. The van der Waals surface area contributed by atoms with Crippen LogP contribution in [0.25, 0.3) is 17.0 Å². The van der Waals surface area contributed by atoms with Crippen molar-refractivity contribution in [3.63, 3.8) is 0 Å². The lowest BCUT2D eigenvalue weighted by Crippen LogP contribution is -2.36. The topological polar surface area (TPSA) is 267 Å². The quantitative estimate of drug-likeness (QED) is 0.131. The standard InChI is InChI=1S/C18H13N7O5.C11H11N3O2.CH4.ClH/c19-13-14(16(27)15(13)26)22-9-3-1-2-8(4-9)6-20-17(28)10-5-11(18(29)30)25-12(23-10)7-21-24-25;12-9-4-2-6-5-7(1-3-8(6)9)10-13-11(15)16-14-10;;/h1-5,7,22H,6,19H2,(H,20,28)(H,29,30);1,3,5,9H,2,4,12H2,(H,13,14,15);1H4;1H/t;9-;;/m.0../s1. The summed E-state index contributed by atoms with van der Waals surface area (Å²) in [4.78, 5) is 64.0. The maximum atomic E-state index is 12.5. The number of aryl methyl sites for hydroxylation is 1. The van der Waals surface area contributed by atoms with Gasteiger partial charge in [0.15, 0.2) is 17.2 Å². The molecular formula is C30H29ClN10O7. The molecule has 248 valence electrons. The maximum absolute atomic E-state index is 12.5. The number of hydrogen-bond acceptors (Lipinski definition) is 13. The fourth-order valence-corrected chi connectivity index (χ4v) is 4.95. The summed E-state index contributed by atoms with van der Waals surface area (Å²) in [5, 5.41) is 25.6. The van der Waals surface area contributed by atoms with Crippen LogP contribution in [0.1, 0.15) is 57.6 Å². The fourth-order valence-electron chi connectivity index (χ4n) is 4.95. The third-order valence-corrected chi connectivity index (χ3v) is 7.30. The first-order valence-corrected chi connectivity index (χ1v) is 13.7. The number of carboxylic acid groups (broad SMARTS) is 1. The van der Waals surface area contributed by atoms with Crippen molar-refractivity contribution >= 4 is 47.0 Å². The number of nitrogen functional groups attached to an aromatic ring is 1. The Hall–Kier alpha value is -6.20. The molecule has 3 aromatic heterocycles. The highest BCUT2D eigenvalue weighted by Gasteiger charge is 2.21. The van der Waals surface area contributed by atoms with Crippen LogP contribution in [0.15, 0.2) is 73.6 Å².